The highest BCUT2D eigenvalue weighted by Crippen LogP contribution is 2.21. The van der Waals surface area contributed by atoms with Crippen LogP contribution in [0.15, 0.2) is 40.8 Å². The monoisotopic (exact) mass is 288 g/mol. The summed E-state index contributed by atoms with van der Waals surface area (Å²) in [5, 5.41) is 3.10. The molecule has 3 nitrogen and oxygen atoms in total. The minimum Gasteiger partial charge on any atom is -0.441 e. The van der Waals surface area contributed by atoms with Gasteiger partial charge in [-0.1, -0.05) is 13.0 Å². The molecule has 1 aromatic heterocycles. The zero-order chi connectivity index (χ0) is 14.8. The fourth-order valence-electron chi connectivity index (χ4n) is 2.10. The topological polar surface area (TPSA) is 38.1 Å². The van der Waals surface area contributed by atoms with Gasteiger partial charge >= 0.3 is 0 Å². The quantitative estimate of drug-likeness (QED) is 0.778. The molecule has 21 heavy (non-hydrogen) atoms. The maximum absolute atomic E-state index is 13.5. The maximum atomic E-state index is 13.5. The molecule has 0 radical (unpaired) electrons. The van der Waals surface area contributed by atoms with E-state index < -0.39 is 11.6 Å². The predicted octanol–water partition coefficient (Wildman–Crippen LogP) is 4.28. The molecule has 1 heterocycles. The van der Waals surface area contributed by atoms with E-state index in [0.29, 0.717) is 11.5 Å². The van der Waals surface area contributed by atoms with Crippen LogP contribution < -0.4 is 5.32 Å². The Morgan fingerprint density at radius 3 is 2.76 bits per heavy atom. The van der Waals surface area contributed by atoms with E-state index in [1.807, 2.05) is 25.1 Å². The number of aromatic nitrogens is 1. The molecule has 0 spiro atoms. The van der Waals surface area contributed by atoms with Gasteiger partial charge in [-0.2, -0.15) is 0 Å². The van der Waals surface area contributed by atoms with E-state index in [4.69, 9.17) is 4.42 Å². The summed E-state index contributed by atoms with van der Waals surface area (Å²) in [6.07, 6.45) is 0.734. The van der Waals surface area contributed by atoms with Crippen molar-refractivity contribution in [3.63, 3.8) is 0 Å². The van der Waals surface area contributed by atoms with Gasteiger partial charge in [0.1, 0.15) is 17.2 Å². The van der Waals surface area contributed by atoms with Crippen molar-refractivity contribution in [1.29, 1.82) is 0 Å². The first-order chi connectivity index (χ1) is 10.2. The Kier molecular flexibility index (Phi) is 3.56. The van der Waals surface area contributed by atoms with Crippen molar-refractivity contribution in [3.8, 4) is 0 Å². The SMILES string of the molecule is CCc1nc2cc(NCc3ccc(F)cc3F)ccc2o1. The van der Waals surface area contributed by atoms with Crippen LogP contribution in [0.5, 0.6) is 0 Å². The van der Waals surface area contributed by atoms with Gasteiger partial charge in [-0.05, 0) is 24.3 Å². The summed E-state index contributed by atoms with van der Waals surface area (Å²) in [5.74, 6) is -0.447. The standard InChI is InChI=1S/C16H14F2N2O/c1-2-16-20-14-8-12(5-6-15(14)21-16)19-9-10-3-4-11(17)7-13(10)18/h3-8,19H,2,9H2,1H3. The summed E-state index contributed by atoms with van der Waals surface area (Å²) >= 11 is 0. The summed E-state index contributed by atoms with van der Waals surface area (Å²) in [5.41, 5.74) is 2.70. The zero-order valence-electron chi connectivity index (χ0n) is 11.5. The lowest BCUT2D eigenvalue weighted by Gasteiger charge is -2.07. The Balaban J connectivity index is 1.78. The van der Waals surface area contributed by atoms with E-state index in [1.165, 1.54) is 12.1 Å². The number of benzene rings is 2. The summed E-state index contributed by atoms with van der Waals surface area (Å²) in [6.45, 7) is 2.25. The van der Waals surface area contributed by atoms with Gasteiger partial charge in [0.2, 0.25) is 0 Å². The summed E-state index contributed by atoms with van der Waals surface area (Å²) in [4.78, 5) is 4.35. The highest BCUT2D eigenvalue weighted by molar-refractivity contribution is 5.77. The first kappa shape index (κ1) is 13.5. The fourth-order valence-corrected chi connectivity index (χ4v) is 2.10. The van der Waals surface area contributed by atoms with Crippen LogP contribution in [0.1, 0.15) is 18.4 Å². The number of rotatable bonds is 4. The molecule has 0 unspecified atom stereocenters. The largest absolute Gasteiger partial charge is 0.441 e. The lowest BCUT2D eigenvalue weighted by Crippen LogP contribution is -2.02. The van der Waals surface area contributed by atoms with Gasteiger partial charge in [0, 0.05) is 30.3 Å². The van der Waals surface area contributed by atoms with Gasteiger partial charge in [0.15, 0.2) is 11.5 Å². The van der Waals surface area contributed by atoms with Gasteiger partial charge in [0.25, 0.3) is 0 Å². The van der Waals surface area contributed by atoms with E-state index in [1.54, 1.807) is 0 Å². The number of hydrogen-bond acceptors (Lipinski definition) is 3. The van der Waals surface area contributed by atoms with Gasteiger partial charge in [-0.15, -0.1) is 0 Å². The second-order valence-corrected chi connectivity index (χ2v) is 4.73. The van der Waals surface area contributed by atoms with Gasteiger partial charge in [0.05, 0.1) is 0 Å². The molecule has 0 bridgehead atoms. The molecule has 0 aliphatic carbocycles. The summed E-state index contributed by atoms with van der Waals surface area (Å²) < 4.78 is 31.9. The Bertz CT molecular complexity index is 783. The lowest BCUT2D eigenvalue weighted by molar-refractivity contribution is 0.538. The van der Waals surface area contributed by atoms with Crippen molar-refractivity contribution in [2.24, 2.45) is 0 Å². The van der Waals surface area contributed by atoms with Gasteiger partial charge < -0.3 is 9.73 Å². The number of nitrogens with one attached hydrogen (secondary N) is 1. The third-order valence-electron chi connectivity index (χ3n) is 3.23. The number of halogens is 2. The van der Waals surface area contributed by atoms with Crippen LogP contribution in [-0.2, 0) is 13.0 Å². The van der Waals surface area contributed by atoms with Crippen LogP contribution in [-0.4, -0.2) is 4.98 Å². The highest BCUT2D eigenvalue weighted by atomic mass is 19.1. The predicted molar refractivity (Wildman–Crippen MR) is 77.1 cm³/mol. The van der Waals surface area contributed by atoms with Crippen molar-refractivity contribution >= 4 is 16.8 Å². The number of oxazole rings is 1. The minimum absolute atomic E-state index is 0.274. The average Bonchev–Trinajstić information content (AvgIpc) is 2.88. The van der Waals surface area contributed by atoms with Crippen molar-refractivity contribution in [1.82, 2.24) is 4.98 Å². The summed E-state index contributed by atoms with van der Waals surface area (Å²) in [6, 6.07) is 9.07. The van der Waals surface area contributed by atoms with Crippen LogP contribution in [0.4, 0.5) is 14.5 Å². The lowest BCUT2D eigenvalue weighted by atomic mass is 10.2. The molecule has 108 valence electrons. The first-order valence-corrected chi connectivity index (χ1v) is 6.73. The number of hydrogen-bond donors (Lipinski definition) is 1. The molecule has 0 saturated carbocycles. The van der Waals surface area contributed by atoms with Crippen LogP contribution in [0, 0.1) is 11.6 Å². The molecule has 3 aromatic rings. The van der Waals surface area contributed by atoms with E-state index in [0.717, 1.165) is 29.3 Å². The molecule has 0 fully saturated rings. The van der Waals surface area contributed by atoms with Gasteiger partial charge in [-0.25, -0.2) is 13.8 Å². The molecular weight excluding hydrogens is 274 g/mol. The smallest absolute Gasteiger partial charge is 0.195 e. The minimum atomic E-state index is -0.577. The van der Waals surface area contributed by atoms with Crippen molar-refractivity contribution in [3.05, 3.63) is 59.5 Å². The van der Waals surface area contributed by atoms with Gasteiger partial charge in [-0.3, -0.25) is 0 Å². The van der Waals surface area contributed by atoms with Crippen LogP contribution >= 0.6 is 0 Å². The van der Waals surface area contributed by atoms with Crippen LogP contribution in [0.2, 0.25) is 0 Å². The second-order valence-electron chi connectivity index (χ2n) is 4.73. The number of nitrogens with zero attached hydrogens (tertiary/aromatic N) is 1. The van der Waals surface area contributed by atoms with E-state index >= 15 is 0 Å². The third kappa shape index (κ3) is 2.86. The van der Waals surface area contributed by atoms with E-state index in [-0.39, 0.29) is 6.54 Å². The third-order valence-corrected chi connectivity index (χ3v) is 3.23. The molecule has 0 aliphatic heterocycles. The molecule has 1 N–H and O–H groups in total. The van der Waals surface area contributed by atoms with Crippen molar-refractivity contribution < 1.29 is 13.2 Å². The van der Waals surface area contributed by atoms with Crippen molar-refractivity contribution in [2.45, 2.75) is 19.9 Å². The Hall–Kier alpha value is -2.43. The Labute approximate surface area is 120 Å². The van der Waals surface area contributed by atoms with Crippen molar-refractivity contribution in [2.75, 3.05) is 5.32 Å². The first-order valence-electron chi connectivity index (χ1n) is 6.73. The highest BCUT2D eigenvalue weighted by Gasteiger charge is 2.06. The zero-order valence-corrected chi connectivity index (χ0v) is 11.5. The number of fused-ring (bicyclic) bond motifs is 1. The Morgan fingerprint density at radius 1 is 1.14 bits per heavy atom. The molecule has 5 heteroatoms. The molecule has 2 aromatic carbocycles. The maximum Gasteiger partial charge on any atom is 0.195 e. The Morgan fingerprint density at radius 2 is 2.00 bits per heavy atom. The molecule has 0 amide bonds. The number of anilines is 1. The fraction of sp³-hybridized carbons (Fsp3) is 0.188. The van der Waals surface area contributed by atoms with Crippen LogP contribution in [0.25, 0.3) is 11.1 Å². The molecule has 3 rings (SSSR count). The van der Waals surface area contributed by atoms with Crippen LogP contribution in [0.3, 0.4) is 0 Å². The second kappa shape index (κ2) is 5.52. The molecule has 0 atom stereocenters. The molecule has 0 aliphatic rings. The van der Waals surface area contributed by atoms with E-state index in [2.05, 4.69) is 10.3 Å². The average molecular weight is 288 g/mol. The number of aryl methyl sites for hydroxylation is 1. The molecular formula is C16H14F2N2O. The normalized spacial score (nSPS) is 11.0. The summed E-state index contributed by atoms with van der Waals surface area (Å²) in [7, 11) is 0. The molecule has 0 saturated heterocycles. The van der Waals surface area contributed by atoms with E-state index in [9.17, 15) is 8.78 Å².